The molecule has 0 atom stereocenters. The first-order valence-electron chi connectivity index (χ1n) is 6.62. The Kier molecular flexibility index (Phi) is 14.3. The maximum atomic E-state index is 8.52. The second-order valence-electron chi connectivity index (χ2n) is 6.59. The van der Waals surface area contributed by atoms with Crippen molar-refractivity contribution < 1.29 is 26.5 Å². The molecule has 0 aromatic heterocycles. The van der Waals surface area contributed by atoms with Crippen LogP contribution in [0.2, 0.25) is 0 Å². The number of nitrogens with zero attached hydrogens (tertiary/aromatic N) is 2. The third-order valence-corrected chi connectivity index (χ3v) is 2.01. The molecule has 0 aliphatic rings. The topological polar surface area (TPSA) is 80.3 Å². The average Bonchev–Trinajstić information content (AvgIpc) is 2.20. The molecule has 6 nitrogen and oxygen atoms in total. The van der Waals surface area contributed by atoms with Gasteiger partial charge in [0.05, 0.1) is 55.4 Å². The van der Waals surface area contributed by atoms with Crippen LogP contribution in [0.15, 0.2) is 25.3 Å². The quantitative estimate of drug-likeness (QED) is 0.318. The van der Waals surface area contributed by atoms with Gasteiger partial charge in [0.2, 0.25) is 0 Å². The van der Waals surface area contributed by atoms with Crippen LogP contribution >= 0.6 is 0 Å². The zero-order chi connectivity index (χ0) is 17.7. The van der Waals surface area contributed by atoms with Crippen LogP contribution in [0.3, 0.4) is 0 Å². The first-order chi connectivity index (χ1) is 9.12. The Balaban J connectivity index is -0.000000239. The molecule has 21 heavy (non-hydrogen) atoms. The van der Waals surface area contributed by atoms with E-state index in [1.54, 1.807) is 0 Å². The lowest BCUT2D eigenvalue weighted by Crippen LogP contribution is -2.34. The molecule has 128 valence electrons. The van der Waals surface area contributed by atoms with Crippen LogP contribution in [-0.4, -0.2) is 81.9 Å². The van der Waals surface area contributed by atoms with E-state index >= 15 is 0 Å². The Morgan fingerprint density at radius 3 is 1.05 bits per heavy atom. The second-order valence-corrected chi connectivity index (χ2v) is 7.41. The SMILES string of the molecule is C=CCC[N+](C)(C)C.C=CCC[N+](C)(C)C.O=S(=O)([O-])[O-]. The summed E-state index contributed by atoms with van der Waals surface area (Å²) in [6.45, 7) is 9.68. The fraction of sp³-hybridized carbons (Fsp3) is 0.714. The van der Waals surface area contributed by atoms with Crippen LogP contribution in [0.1, 0.15) is 12.8 Å². The standard InChI is InChI=1S/2C7H16N.H2O4S/c2*1-5-6-7-8(2,3)4;1-5(2,3)4/h2*5H,1,6-7H2,2-4H3;(H2,1,2,3,4)/q2*+1;/p-2. The smallest absolute Gasteiger partial charge is 0.0815 e. The van der Waals surface area contributed by atoms with Gasteiger partial charge in [0.25, 0.3) is 0 Å². The molecule has 7 heteroatoms. The molecule has 0 aliphatic carbocycles. The highest BCUT2D eigenvalue weighted by atomic mass is 32.3. The summed E-state index contributed by atoms with van der Waals surface area (Å²) in [4.78, 5) is 0. The third kappa shape index (κ3) is 66.9. The molecular weight excluding hydrogens is 292 g/mol. The van der Waals surface area contributed by atoms with Gasteiger partial charge >= 0.3 is 0 Å². The monoisotopic (exact) mass is 324 g/mol. The molecule has 0 bridgehead atoms. The lowest BCUT2D eigenvalue weighted by atomic mass is 10.4. The highest BCUT2D eigenvalue weighted by Crippen LogP contribution is 1.92. The first kappa shape index (κ1) is 25.2. The predicted octanol–water partition coefficient (Wildman–Crippen LogP) is 1.20. The molecule has 0 spiro atoms. The van der Waals surface area contributed by atoms with Gasteiger partial charge in [-0.25, -0.2) is 0 Å². The van der Waals surface area contributed by atoms with Crippen molar-refractivity contribution in [3.8, 4) is 0 Å². The van der Waals surface area contributed by atoms with Crippen LogP contribution < -0.4 is 0 Å². The van der Waals surface area contributed by atoms with Crippen molar-refractivity contribution >= 4 is 10.4 Å². The van der Waals surface area contributed by atoms with Crippen molar-refractivity contribution in [2.75, 3.05) is 55.4 Å². The summed E-state index contributed by atoms with van der Waals surface area (Å²) in [6, 6.07) is 0. The molecule has 0 N–H and O–H groups in total. The lowest BCUT2D eigenvalue weighted by Gasteiger charge is -2.22. The van der Waals surface area contributed by atoms with Gasteiger partial charge in [0.1, 0.15) is 0 Å². The van der Waals surface area contributed by atoms with Crippen LogP contribution in [0.4, 0.5) is 0 Å². The van der Waals surface area contributed by atoms with Crippen LogP contribution in [0, 0.1) is 0 Å². The third-order valence-electron chi connectivity index (χ3n) is 2.01. The summed E-state index contributed by atoms with van der Waals surface area (Å²) in [5.41, 5.74) is 0. The van der Waals surface area contributed by atoms with Crippen molar-refractivity contribution in [2.45, 2.75) is 12.8 Å². The van der Waals surface area contributed by atoms with E-state index in [1.165, 1.54) is 13.1 Å². The number of quaternary nitrogens is 2. The minimum atomic E-state index is -5.17. The molecule has 0 rings (SSSR count). The number of hydrogen-bond donors (Lipinski definition) is 0. The number of hydrogen-bond acceptors (Lipinski definition) is 4. The number of rotatable bonds is 6. The highest BCUT2D eigenvalue weighted by molar-refractivity contribution is 7.79. The van der Waals surface area contributed by atoms with Gasteiger partial charge in [-0.05, 0) is 0 Å². The maximum absolute atomic E-state index is 8.52. The molecule has 0 aliphatic heterocycles. The highest BCUT2D eigenvalue weighted by Gasteiger charge is 2.02. The van der Waals surface area contributed by atoms with Gasteiger partial charge in [-0.1, -0.05) is 12.2 Å². The van der Waals surface area contributed by atoms with Gasteiger partial charge < -0.3 is 18.1 Å². The van der Waals surface area contributed by atoms with Crippen LogP contribution in [0.5, 0.6) is 0 Å². The van der Waals surface area contributed by atoms with E-state index in [0.29, 0.717) is 0 Å². The minimum Gasteiger partial charge on any atom is -0.759 e. The van der Waals surface area contributed by atoms with Crippen molar-refractivity contribution in [1.82, 2.24) is 0 Å². The van der Waals surface area contributed by atoms with E-state index < -0.39 is 10.4 Å². The fourth-order valence-electron chi connectivity index (χ4n) is 0.957. The van der Waals surface area contributed by atoms with Crippen LogP contribution in [0.25, 0.3) is 0 Å². The largest absolute Gasteiger partial charge is 0.759 e. The molecule has 0 unspecified atom stereocenters. The van der Waals surface area contributed by atoms with Gasteiger partial charge in [-0.2, -0.15) is 0 Å². The first-order valence-corrected chi connectivity index (χ1v) is 7.95. The Morgan fingerprint density at radius 1 is 0.810 bits per heavy atom. The van der Waals surface area contributed by atoms with Gasteiger partial charge in [-0.15, -0.1) is 13.2 Å². The summed E-state index contributed by atoms with van der Waals surface area (Å²) in [5, 5.41) is 0. The molecular formula is C14H32N2O4S. The van der Waals surface area contributed by atoms with Crippen molar-refractivity contribution in [1.29, 1.82) is 0 Å². The Hall–Kier alpha value is -0.730. The molecule has 0 saturated carbocycles. The Bertz CT molecular complexity index is 335. The average molecular weight is 324 g/mol. The van der Waals surface area contributed by atoms with Crippen molar-refractivity contribution in [3.05, 3.63) is 25.3 Å². The van der Waals surface area contributed by atoms with E-state index in [4.69, 9.17) is 17.5 Å². The molecule has 0 aromatic carbocycles. The zero-order valence-corrected chi connectivity index (χ0v) is 15.1. The van der Waals surface area contributed by atoms with Gasteiger partial charge in [-0.3, -0.25) is 8.42 Å². The van der Waals surface area contributed by atoms with E-state index in [9.17, 15) is 0 Å². The lowest BCUT2D eigenvalue weighted by molar-refractivity contribution is -0.869. The normalized spacial score (nSPS) is 11.4. The summed E-state index contributed by atoms with van der Waals surface area (Å²) in [6.07, 6.45) is 6.15. The fourth-order valence-corrected chi connectivity index (χ4v) is 0.957. The summed E-state index contributed by atoms with van der Waals surface area (Å²) >= 11 is 0. The van der Waals surface area contributed by atoms with E-state index in [2.05, 4.69) is 55.4 Å². The maximum Gasteiger partial charge on any atom is 0.0815 e. The van der Waals surface area contributed by atoms with Crippen molar-refractivity contribution in [3.63, 3.8) is 0 Å². The molecule has 0 aromatic rings. The second kappa shape index (κ2) is 11.9. The molecule has 0 amide bonds. The van der Waals surface area contributed by atoms with Gasteiger partial charge in [0.15, 0.2) is 0 Å². The predicted molar refractivity (Wildman–Crippen MR) is 85.9 cm³/mol. The van der Waals surface area contributed by atoms with Crippen LogP contribution in [-0.2, 0) is 10.4 Å². The van der Waals surface area contributed by atoms with E-state index in [-0.39, 0.29) is 0 Å². The molecule has 0 heterocycles. The van der Waals surface area contributed by atoms with Gasteiger partial charge in [0, 0.05) is 23.2 Å². The summed E-state index contributed by atoms with van der Waals surface area (Å²) in [5.74, 6) is 0. The van der Waals surface area contributed by atoms with E-state index in [0.717, 1.165) is 21.8 Å². The van der Waals surface area contributed by atoms with Crippen molar-refractivity contribution in [2.24, 2.45) is 0 Å². The Labute approximate surface area is 131 Å². The zero-order valence-electron chi connectivity index (χ0n) is 14.3. The molecule has 0 saturated heterocycles. The Morgan fingerprint density at radius 2 is 1.00 bits per heavy atom. The van der Waals surface area contributed by atoms with E-state index in [1.807, 2.05) is 12.2 Å². The molecule has 0 radical (unpaired) electrons. The minimum absolute atomic E-state index is 1.03. The summed E-state index contributed by atoms with van der Waals surface area (Å²) in [7, 11) is 7.94. The summed E-state index contributed by atoms with van der Waals surface area (Å²) < 4.78 is 36.2. The molecule has 0 fully saturated rings.